The van der Waals surface area contributed by atoms with Gasteiger partial charge in [-0.2, -0.15) is 0 Å². The summed E-state index contributed by atoms with van der Waals surface area (Å²) in [7, 11) is 1.00. The van der Waals surface area contributed by atoms with E-state index in [1.54, 1.807) is 6.08 Å². The van der Waals surface area contributed by atoms with E-state index in [9.17, 15) is 4.79 Å². The highest BCUT2D eigenvalue weighted by atomic mass is 32.2. The topological polar surface area (TPSA) is 49.3 Å². The van der Waals surface area contributed by atoms with Gasteiger partial charge in [0.25, 0.3) is 0 Å². The van der Waals surface area contributed by atoms with Crippen molar-refractivity contribution < 1.29 is 9.90 Å². The molecule has 1 saturated heterocycles. The number of thioether (sulfide) groups is 1. The van der Waals surface area contributed by atoms with Crippen molar-refractivity contribution in [2.45, 2.75) is 11.7 Å². The third kappa shape index (κ3) is 3.34. The second-order valence-corrected chi connectivity index (χ2v) is 3.79. The molecule has 0 aliphatic carbocycles. The summed E-state index contributed by atoms with van der Waals surface area (Å²) in [5.74, 6) is 0.00917. The number of carbonyl (C=O) groups excluding carboxylic acids is 1. The first-order valence-electron chi connectivity index (χ1n) is 3.31. The van der Waals surface area contributed by atoms with Gasteiger partial charge in [-0.1, -0.05) is 30.1 Å². The zero-order valence-electron chi connectivity index (χ0n) is 6.74. The van der Waals surface area contributed by atoms with E-state index >= 15 is 0 Å². The summed E-state index contributed by atoms with van der Waals surface area (Å²) in [4.78, 5) is 10.9. The Morgan fingerprint density at radius 3 is 2.75 bits per heavy atom. The van der Waals surface area contributed by atoms with E-state index < -0.39 is 0 Å². The maximum absolute atomic E-state index is 10.9. The van der Waals surface area contributed by atoms with Crippen LogP contribution in [0, 0.1) is 0 Å². The van der Waals surface area contributed by atoms with Gasteiger partial charge in [-0.25, -0.2) is 0 Å². The fraction of sp³-hybridized carbons (Fsp3) is 0.429. The largest absolute Gasteiger partial charge is 0.400 e. The molecular weight excluding hydrogens is 194 g/mol. The van der Waals surface area contributed by atoms with E-state index in [4.69, 9.17) is 17.3 Å². The van der Waals surface area contributed by atoms with Gasteiger partial charge in [0, 0.05) is 7.11 Å². The average Bonchev–Trinajstić information content (AvgIpc) is 2.35. The molecule has 1 amide bonds. The van der Waals surface area contributed by atoms with Crippen LogP contribution < -0.4 is 5.32 Å². The molecule has 5 heteroatoms. The number of carbonyl (C=O) groups is 1. The first-order chi connectivity index (χ1) is 5.74. The molecule has 1 rings (SSSR count). The van der Waals surface area contributed by atoms with Crippen molar-refractivity contribution >= 4 is 34.2 Å². The van der Waals surface area contributed by atoms with E-state index in [0.717, 1.165) is 7.11 Å². The van der Waals surface area contributed by atoms with Crippen LogP contribution >= 0.6 is 24.0 Å². The number of hydrogen-bond donors (Lipinski definition) is 2. The zero-order chi connectivity index (χ0) is 9.56. The fourth-order valence-corrected chi connectivity index (χ4v) is 1.97. The number of rotatable bonds is 2. The molecule has 12 heavy (non-hydrogen) atoms. The summed E-state index contributed by atoms with van der Waals surface area (Å²) in [6.45, 7) is 3.55. The monoisotopic (exact) mass is 205 g/mol. The number of amides is 1. The normalized spacial score (nSPS) is 21.0. The van der Waals surface area contributed by atoms with Crippen LogP contribution in [-0.2, 0) is 4.79 Å². The van der Waals surface area contributed by atoms with Crippen LogP contribution in [0.15, 0.2) is 12.7 Å². The molecule has 0 aromatic carbocycles. The van der Waals surface area contributed by atoms with Crippen molar-refractivity contribution in [1.29, 1.82) is 0 Å². The van der Waals surface area contributed by atoms with Crippen LogP contribution in [0.1, 0.15) is 6.42 Å². The van der Waals surface area contributed by atoms with Crippen molar-refractivity contribution in [2.75, 3.05) is 7.11 Å². The zero-order valence-corrected chi connectivity index (χ0v) is 8.37. The Balaban J connectivity index is 0.000000561. The molecule has 68 valence electrons. The second-order valence-electron chi connectivity index (χ2n) is 1.91. The van der Waals surface area contributed by atoms with Crippen LogP contribution in [0.5, 0.6) is 0 Å². The molecule has 1 aliphatic rings. The van der Waals surface area contributed by atoms with Crippen LogP contribution in [0.2, 0.25) is 0 Å². The van der Waals surface area contributed by atoms with Gasteiger partial charge < -0.3 is 10.4 Å². The van der Waals surface area contributed by atoms with E-state index in [-0.39, 0.29) is 11.2 Å². The fourth-order valence-electron chi connectivity index (χ4n) is 0.700. The molecular formula is C7H11NO2S2. The van der Waals surface area contributed by atoms with Crippen molar-refractivity contribution in [2.24, 2.45) is 0 Å². The molecule has 1 aliphatic heterocycles. The standard InChI is InChI=1S/C6H7NOS2.CH4O/c1-2-3-4-5(8)7-6(9)10-4;1-2/h2,4H,1,3H2,(H,7,8,9);2H,1H3. The molecule has 0 bridgehead atoms. The highest BCUT2D eigenvalue weighted by Crippen LogP contribution is 2.21. The molecule has 0 aromatic rings. The van der Waals surface area contributed by atoms with E-state index in [1.807, 2.05) is 0 Å². The lowest BCUT2D eigenvalue weighted by Crippen LogP contribution is -2.23. The lowest BCUT2D eigenvalue weighted by Gasteiger charge is -1.96. The maximum atomic E-state index is 10.9. The molecule has 0 aromatic heterocycles. The molecule has 1 unspecified atom stereocenters. The predicted octanol–water partition coefficient (Wildman–Crippen LogP) is 0.688. The Morgan fingerprint density at radius 2 is 2.42 bits per heavy atom. The van der Waals surface area contributed by atoms with Gasteiger partial charge in [0.05, 0.1) is 5.25 Å². The van der Waals surface area contributed by atoms with Gasteiger partial charge in [-0.3, -0.25) is 4.79 Å². The molecule has 0 saturated carbocycles. The average molecular weight is 205 g/mol. The summed E-state index contributed by atoms with van der Waals surface area (Å²) in [5.41, 5.74) is 0. The van der Waals surface area contributed by atoms with Crippen molar-refractivity contribution in [3.05, 3.63) is 12.7 Å². The molecule has 2 N–H and O–H groups in total. The molecule has 0 spiro atoms. The van der Waals surface area contributed by atoms with Crippen molar-refractivity contribution in [3.63, 3.8) is 0 Å². The number of hydrogen-bond acceptors (Lipinski definition) is 4. The Labute approximate surface area is 81.2 Å². The third-order valence-corrected chi connectivity index (χ3v) is 2.55. The number of allylic oxidation sites excluding steroid dienone is 1. The molecule has 3 nitrogen and oxygen atoms in total. The maximum Gasteiger partial charge on any atom is 0.239 e. The number of nitrogens with one attached hydrogen (secondary N) is 1. The summed E-state index contributed by atoms with van der Waals surface area (Å²) in [5, 5.41) is 9.52. The minimum atomic E-state index is -0.0370. The first kappa shape index (κ1) is 11.6. The minimum absolute atomic E-state index is 0.00917. The van der Waals surface area contributed by atoms with Crippen LogP contribution in [-0.4, -0.2) is 27.7 Å². The van der Waals surface area contributed by atoms with Gasteiger partial charge in [0.2, 0.25) is 5.91 Å². The van der Waals surface area contributed by atoms with Gasteiger partial charge in [0.15, 0.2) is 0 Å². The van der Waals surface area contributed by atoms with Crippen LogP contribution in [0.3, 0.4) is 0 Å². The summed E-state index contributed by atoms with van der Waals surface area (Å²) < 4.78 is 0.580. The highest BCUT2D eigenvalue weighted by molar-refractivity contribution is 8.24. The Bertz CT molecular complexity index is 194. The SMILES string of the molecule is C=CCC1SC(=S)NC1=O.CO. The van der Waals surface area contributed by atoms with Crippen molar-refractivity contribution in [3.8, 4) is 0 Å². The number of thiocarbonyl (C=S) groups is 1. The number of aliphatic hydroxyl groups excluding tert-OH is 1. The summed E-state index contributed by atoms with van der Waals surface area (Å²) in [6.07, 6.45) is 2.42. The summed E-state index contributed by atoms with van der Waals surface area (Å²) in [6, 6.07) is 0. The van der Waals surface area contributed by atoms with Gasteiger partial charge in [-0.15, -0.1) is 6.58 Å². The lowest BCUT2D eigenvalue weighted by molar-refractivity contribution is -0.118. The van der Waals surface area contributed by atoms with E-state index in [2.05, 4.69) is 11.9 Å². The Morgan fingerprint density at radius 1 is 1.83 bits per heavy atom. The Kier molecular flexibility index (Phi) is 5.96. The second kappa shape index (κ2) is 6.16. The van der Waals surface area contributed by atoms with Crippen LogP contribution in [0.25, 0.3) is 0 Å². The number of aliphatic hydroxyl groups is 1. The molecule has 1 atom stereocenters. The van der Waals surface area contributed by atoms with Crippen molar-refractivity contribution in [1.82, 2.24) is 5.32 Å². The first-order valence-corrected chi connectivity index (χ1v) is 4.60. The quantitative estimate of drug-likeness (QED) is 0.514. The molecule has 1 heterocycles. The smallest absolute Gasteiger partial charge is 0.239 e. The molecule has 1 fully saturated rings. The summed E-state index contributed by atoms with van der Waals surface area (Å²) >= 11 is 6.18. The lowest BCUT2D eigenvalue weighted by atomic mass is 10.3. The highest BCUT2D eigenvalue weighted by Gasteiger charge is 2.27. The van der Waals surface area contributed by atoms with Gasteiger partial charge in [0.1, 0.15) is 4.32 Å². The van der Waals surface area contributed by atoms with Crippen LogP contribution in [0.4, 0.5) is 0 Å². The van der Waals surface area contributed by atoms with E-state index in [0.29, 0.717) is 10.7 Å². The Hall–Kier alpha value is -0.390. The minimum Gasteiger partial charge on any atom is -0.400 e. The van der Waals surface area contributed by atoms with Gasteiger partial charge in [-0.05, 0) is 6.42 Å². The predicted molar refractivity (Wildman–Crippen MR) is 55.1 cm³/mol. The van der Waals surface area contributed by atoms with Gasteiger partial charge >= 0.3 is 0 Å². The molecule has 0 radical (unpaired) electrons. The van der Waals surface area contributed by atoms with E-state index in [1.165, 1.54) is 11.8 Å². The third-order valence-electron chi connectivity index (χ3n) is 1.15.